The topological polar surface area (TPSA) is 49.3 Å². The fourth-order valence-electron chi connectivity index (χ4n) is 3.08. The summed E-state index contributed by atoms with van der Waals surface area (Å²) in [6.07, 6.45) is 5.23. The van der Waals surface area contributed by atoms with Crippen molar-refractivity contribution in [2.24, 2.45) is 0 Å². The Balaban J connectivity index is 1.53. The Morgan fingerprint density at radius 2 is 1.92 bits per heavy atom. The molecule has 1 fully saturated rings. The molecule has 0 radical (unpaired) electrons. The van der Waals surface area contributed by atoms with Crippen molar-refractivity contribution in [2.45, 2.75) is 25.4 Å². The number of piperidine rings is 1. The zero-order chi connectivity index (χ0) is 16.9. The molecule has 3 rings (SSSR count). The van der Waals surface area contributed by atoms with Crippen LogP contribution in [0.4, 0.5) is 0 Å². The maximum absolute atomic E-state index is 12.5. The molecule has 0 atom stereocenters. The minimum Gasteiger partial charge on any atom is -0.339 e. The maximum atomic E-state index is 12.5. The Kier molecular flexibility index (Phi) is 5.43. The normalized spacial score (nSPS) is 15.7. The minimum absolute atomic E-state index is 0.125. The molecule has 0 N–H and O–H groups in total. The molecule has 1 aromatic heterocycles. The quantitative estimate of drug-likeness (QED) is 0.855. The van der Waals surface area contributed by atoms with E-state index in [2.05, 4.69) is 21.9 Å². The highest BCUT2D eigenvalue weighted by molar-refractivity contribution is 6.29. The number of hydrogen-bond donors (Lipinski definition) is 0. The fourth-order valence-corrected chi connectivity index (χ4v) is 3.18. The first kappa shape index (κ1) is 16.9. The number of carbonyl (C=O) groups is 1. The third-order valence-corrected chi connectivity index (χ3v) is 4.68. The van der Waals surface area contributed by atoms with Gasteiger partial charge in [-0.05, 0) is 32.0 Å². The van der Waals surface area contributed by atoms with E-state index in [0.29, 0.717) is 11.2 Å². The molecule has 6 heteroatoms. The summed E-state index contributed by atoms with van der Waals surface area (Å²) < 4.78 is 0. The summed E-state index contributed by atoms with van der Waals surface area (Å²) in [7, 11) is 2.09. The Morgan fingerprint density at radius 3 is 2.54 bits per heavy atom. The van der Waals surface area contributed by atoms with Crippen LogP contribution in [0.3, 0.4) is 0 Å². The number of amides is 1. The molecular weight excluding hydrogens is 324 g/mol. The molecule has 0 unspecified atom stereocenters. The second kappa shape index (κ2) is 7.73. The lowest BCUT2D eigenvalue weighted by Crippen LogP contribution is -2.45. The lowest BCUT2D eigenvalue weighted by molar-refractivity contribution is 0.0638. The standard InChI is InChI=1S/C18H21ClN4O/c1-22(13-15-11-21-17(19)12-20-15)16-7-9-23(10-8-16)18(24)14-5-3-2-4-6-14/h2-6,11-12,16H,7-10,13H2,1H3. The summed E-state index contributed by atoms with van der Waals surface area (Å²) >= 11 is 5.77. The van der Waals surface area contributed by atoms with Crippen LogP contribution in [0, 0.1) is 0 Å². The highest BCUT2D eigenvalue weighted by atomic mass is 35.5. The van der Waals surface area contributed by atoms with Crippen LogP contribution in [0.25, 0.3) is 0 Å². The molecule has 0 bridgehead atoms. The monoisotopic (exact) mass is 344 g/mol. The summed E-state index contributed by atoms with van der Waals surface area (Å²) in [6.45, 7) is 2.31. The van der Waals surface area contributed by atoms with Gasteiger partial charge in [-0.15, -0.1) is 0 Å². The minimum atomic E-state index is 0.125. The summed E-state index contributed by atoms with van der Waals surface area (Å²) in [6, 6.07) is 9.93. The lowest BCUT2D eigenvalue weighted by Gasteiger charge is -2.36. The van der Waals surface area contributed by atoms with E-state index in [0.717, 1.165) is 43.7 Å². The molecule has 1 saturated heterocycles. The number of nitrogens with zero attached hydrogens (tertiary/aromatic N) is 4. The molecule has 2 aromatic rings. The Morgan fingerprint density at radius 1 is 1.21 bits per heavy atom. The molecule has 126 valence electrons. The molecule has 1 aromatic carbocycles. The second-order valence-corrected chi connectivity index (χ2v) is 6.52. The number of likely N-dealkylation sites (tertiary alicyclic amines) is 1. The highest BCUT2D eigenvalue weighted by Crippen LogP contribution is 2.19. The third kappa shape index (κ3) is 4.10. The van der Waals surface area contributed by atoms with Crippen LogP contribution in [-0.2, 0) is 6.54 Å². The zero-order valence-corrected chi connectivity index (χ0v) is 14.5. The van der Waals surface area contributed by atoms with Crippen LogP contribution in [0.15, 0.2) is 42.7 Å². The molecular formula is C18H21ClN4O. The van der Waals surface area contributed by atoms with Gasteiger partial charge in [-0.25, -0.2) is 4.98 Å². The first-order chi connectivity index (χ1) is 11.6. The van der Waals surface area contributed by atoms with E-state index in [1.807, 2.05) is 35.2 Å². The number of halogens is 1. The average molecular weight is 345 g/mol. The Hall–Kier alpha value is -1.98. The Labute approximate surface area is 147 Å². The summed E-state index contributed by atoms with van der Waals surface area (Å²) in [5.41, 5.74) is 1.67. The second-order valence-electron chi connectivity index (χ2n) is 6.13. The summed E-state index contributed by atoms with van der Waals surface area (Å²) in [5.74, 6) is 0.125. The Bertz CT molecular complexity index is 669. The predicted octanol–water partition coefficient (Wildman–Crippen LogP) is 2.87. The van der Waals surface area contributed by atoms with Gasteiger partial charge in [0.2, 0.25) is 0 Å². The maximum Gasteiger partial charge on any atom is 0.253 e. The predicted molar refractivity (Wildman–Crippen MR) is 93.9 cm³/mol. The summed E-state index contributed by atoms with van der Waals surface area (Å²) in [5, 5.41) is 0.411. The van der Waals surface area contributed by atoms with Crippen LogP contribution in [0.1, 0.15) is 28.9 Å². The van der Waals surface area contributed by atoms with Gasteiger partial charge >= 0.3 is 0 Å². The van der Waals surface area contributed by atoms with Crippen molar-refractivity contribution in [1.82, 2.24) is 19.8 Å². The van der Waals surface area contributed by atoms with Crippen molar-refractivity contribution in [3.05, 3.63) is 59.1 Å². The number of rotatable bonds is 4. The summed E-state index contributed by atoms with van der Waals surface area (Å²) in [4.78, 5) is 25.1. The van der Waals surface area contributed by atoms with Gasteiger partial charge in [0, 0.05) is 31.2 Å². The number of aromatic nitrogens is 2. The lowest BCUT2D eigenvalue weighted by atomic mass is 10.0. The largest absolute Gasteiger partial charge is 0.339 e. The van der Waals surface area contributed by atoms with Gasteiger partial charge in [-0.3, -0.25) is 14.7 Å². The van der Waals surface area contributed by atoms with Crippen molar-refractivity contribution >= 4 is 17.5 Å². The first-order valence-electron chi connectivity index (χ1n) is 8.14. The smallest absolute Gasteiger partial charge is 0.253 e. The van der Waals surface area contributed by atoms with E-state index < -0.39 is 0 Å². The van der Waals surface area contributed by atoms with Crippen molar-refractivity contribution in [3.63, 3.8) is 0 Å². The first-order valence-corrected chi connectivity index (χ1v) is 8.52. The van der Waals surface area contributed by atoms with Crippen LogP contribution in [-0.4, -0.2) is 51.9 Å². The van der Waals surface area contributed by atoms with Gasteiger partial charge in [0.1, 0.15) is 5.15 Å². The van der Waals surface area contributed by atoms with Crippen LogP contribution < -0.4 is 0 Å². The van der Waals surface area contributed by atoms with Crippen LogP contribution in [0.5, 0.6) is 0 Å². The van der Waals surface area contributed by atoms with Crippen LogP contribution in [0.2, 0.25) is 5.15 Å². The van der Waals surface area contributed by atoms with E-state index >= 15 is 0 Å². The number of benzene rings is 1. The molecule has 1 aliphatic rings. The van der Waals surface area contributed by atoms with Crippen LogP contribution >= 0.6 is 11.6 Å². The molecule has 1 aliphatic heterocycles. The molecule has 2 heterocycles. The van der Waals surface area contributed by atoms with E-state index in [4.69, 9.17) is 11.6 Å². The molecule has 1 amide bonds. The van der Waals surface area contributed by atoms with E-state index in [1.165, 1.54) is 0 Å². The van der Waals surface area contributed by atoms with E-state index in [-0.39, 0.29) is 5.91 Å². The molecule has 24 heavy (non-hydrogen) atoms. The van der Waals surface area contributed by atoms with Crippen molar-refractivity contribution in [2.75, 3.05) is 20.1 Å². The zero-order valence-electron chi connectivity index (χ0n) is 13.7. The van der Waals surface area contributed by atoms with E-state index in [9.17, 15) is 4.79 Å². The van der Waals surface area contributed by atoms with Crippen molar-refractivity contribution in [3.8, 4) is 0 Å². The molecule has 0 saturated carbocycles. The number of carbonyl (C=O) groups excluding carboxylic acids is 1. The highest BCUT2D eigenvalue weighted by Gasteiger charge is 2.26. The SMILES string of the molecule is CN(Cc1cnc(Cl)cn1)C1CCN(C(=O)c2ccccc2)CC1. The van der Waals surface area contributed by atoms with Gasteiger partial charge < -0.3 is 4.90 Å². The van der Waals surface area contributed by atoms with Gasteiger partial charge in [0.05, 0.1) is 18.1 Å². The molecule has 5 nitrogen and oxygen atoms in total. The molecule has 0 aliphatic carbocycles. The fraction of sp³-hybridized carbons (Fsp3) is 0.389. The van der Waals surface area contributed by atoms with Gasteiger partial charge in [0.25, 0.3) is 5.91 Å². The van der Waals surface area contributed by atoms with Gasteiger partial charge in [-0.2, -0.15) is 0 Å². The number of hydrogen-bond acceptors (Lipinski definition) is 4. The molecule has 0 spiro atoms. The van der Waals surface area contributed by atoms with Crippen molar-refractivity contribution in [1.29, 1.82) is 0 Å². The van der Waals surface area contributed by atoms with E-state index in [1.54, 1.807) is 12.4 Å². The average Bonchev–Trinajstić information content (AvgIpc) is 2.64. The third-order valence-electron chi connectivity index (χ3n) is 4.48. The van der Waals surface area contributed by atoms with Crippen molar-refractivity contribution < 1.29 is 4.79 Å². The van der Waals surface area contributed by atoms with Gasteiger partial charge in [-0.1, -0.05) is 29.8 Å². The van der Waals surface area contributed by atoms with Gasteiger partial charge in [0.15, 0.2) is 0 Å².